The molecule has 30 heavy (non-hydrogen) atoms. The Bertz CT molecular complexity index is 1160. The first-order valence-corrected chi connectivity index (χ1v) is 9.59. The minimum absolute atomic E-state index is 0.0778. The van der Waals surface area contributed by atoms with Crippen molar-refractivity contribution in [3.05, 3.63) is 55.9 Å². The molecule has 1 heterocycles. The lowest BCUT2D eigenvalue weighted by Crippen LogP contribution is -2.16. The first-order chi connectivity index (χ1) is 14.4. The van der Waals surface area contributed by atoms with Gasteiger partial charge in [-0.3, -0.25) is 14.9 Å². The van der Waals surface area contributed by atoms with E-state index in [1.807, 2.05) is 0 Å². The molecule has 0 aliphatic heterocycles. The minimum atomic E-state index is -0.542. The monoisotopic (exact) mass is 449 g/mol. The highest BCUT2D eigenvalue weighted by Gasteiger charge is 2.19. The third-order valence-electron chi connectivity index (χ3n) is 4.13. The smallest absolute Gasteiger partial charge is 0.283 e. The topological polar surface area (TPSA) is 112 Å². The summed E-state index contributed by atoms with van der Waals surface area (Å²) in [4.78, 5) is 23.1. The van der Waals surface area contributed by atoms with E-state index in [-0.39, 0.29) is 15.6 Å². The second-order valence-corrected chi connectivity index (χ2v) is 7.24. The molecule has 0 spiro atoms. The van der Waals surface area contributed by atoms with Crippen molar-refractivity contribution >= 4 is 50.8 Å². The maximum atomic E-state index is 12.5. The van der Waals surface area contributed by atoms with Gasteiger partial charge in [0.1, 0.15) is 4.88 Å². The number of nitrogens with zero attached hydrogens (tertiary/aromatic N) is 2. The molecule has 0 aliphatic carbocycles. The van der Waals surface area contributed by atoms with Gasteiger partial charge in [-0.2, -0.15) is 5.10 Å². The molecule has 1 aromatic heterocycles. The van der Waals surface area contributed by atoms with Gasteiger partial charge < -0.3 is 14.2 Å². The van der Waals surface area contributed by atoms with Crippen LogP contribution in [0.15, 0.2) is 35.4 Å². The number of hydrogen-bond donors (Lipinski definition) is 1. The summed E-state index contributed by atoms with van der Waals surface area (Å²) >= 11 is 7.32. The molecular formula is C19H16ClN3O6S. The standard InChI is InChI=1S/C19H16ClN3O6S/c1-27-13-7-4-10(16(28-2)17(13)29-3)9-21-22-19(24)18-15(20)12-6-5-11(23(25)26)8-14(12)30-18/h4-9H,1-3H3,(H,22,24)/b21-9-. The van der Waals surface area contributed by atoms with Crippen molar-refractivity contribution < 1.29 is 23.9 Å². The number of ether oxygens (including phenoxy) is 3. The number of non-ortho nitro benzene ring substituents is 1. The molecule has 3 aromatic rings. The Balaban J connectivity index is 1.84. The Labute approximate surface area is 180 Å². The summed E-state index contributed by atoms with van der Waals surface area (Å²) in [6, 6.07) is 7.60. The molecule has 1 N–H and O–H groups in total. The van der Waals surface area contributed by atoms with Crippen LogP contribution >= 0.6 is 22.9 Å². The zero-order valence-corrected chi connectivity index (χ0v) is 17.7. The normalized spacial score (nSPS) is 10.9. The molecule has 0 aliphatic rings. The van der Waals surface area contributed by atoms with E-state index in [2.05, 4.69) is 10.5 Å². The number of amides is 1. The van der Waals surface area contributed by atoms with E-state index in [1.54, 1.807) is 12.1 Å². The van der Waals surface area contributed by atoms with Crippen molar-refractivity contribution in [3.63, 3.8) is 0 Å². The summed E-state index contributed by atoms with van der Waals surface area (Å²) in [5, 5.41) is 15.7. The van der Waals surface area contributed by atoms with Crippen LogP contribution in [0, 0.1) is 10.1 Å². The molecule has 156 valence electrons. The highest BCUT2D eigenvalue weighted by molar-refractivity contribution is 7.21. The number of carbonyl (C=O) groups is 1. The van der Waals surface area contributed by atoms with Gasteiger partial charge in [0.2, 0.25) is 5.75 Å². The number of nitro benzene ring substituents is 1. The Morgan fingerprint density at radius 1 is 1.17 bits per heavy atom. The summed E-state index contributed by atoms with van der Waals surface area (Å²) < 4.78 is 16.4. The van der Waals surface area contributed by atoms with Crippen molar-refractivity contribution in [2.24, 2.45) is 5.10 Å². The van der Waals surface area contributed by atoms with Crippen molar-refractivity contribution in [2.45, 2.75) is 0 Å². The van der Waals surface area contributed by atoms with Crippen LogP contribution in [0.2, 0.25) is 5.02 Å². The van der Waals surface area contributed by atoms with Crippen LogP contribution in [0.5, 0.6) is 17.2 Å². The van der Waals surface area contributed by atoms with Gasteiger partial charge in [-0.1, -0.05) is 11.6 Å². The number of methoxy groups -OCH3 is 3. The second kappa shape index (κ2) is 8.97. The number of thiophene rings is 1. The third-order valence-corrected chi connectivity index (χ3v) is 5.79. The van der Waals surface area contributed by atoms with E-state index in [1.165, 1.54) is 45.7 Å². The van der Waals surface area contributed by atoms with Crippen LogP contribution in [0.3, 0.4) is 0 Å². The van der Waals surface area contributed by atoms with Gasteiger partial charge in [-0.25, -0.2) is 5.43 Å². The van der Waals surface area contributed by atoms with Crippen molar-refractivity contribution in [3.8, 4) is 17.2 Å². The number of rotatable bonds is 7. The van der Waals surface area contributed by atoms with Gasteiger partial charge >= 0.3 is 0 Å². The molecule has 0 bridgehead atoms. The molecule has 2 aromatic carbocycles. The highest BCUT2D eigenvalue weighted by Crippen LogP contribution is 2.39. The average molecular weight is 450 g/mol. The number of hydrazone groups is 1. The van der Waals surface area contributed by atoms with Gasteiger partial charge in [0.25, 0.3) is 11.6 Å². The molecule has 0 atom stereocenters. The zero-order chi connectivity index (χ0) is 21.8. The van der Waals surface area contributed by atoms with E-state index in [9.17, 15) is 14.9 Å². The number of nitro groups is 1. The molecule has 3 rings (SSSR count). The quantitative estimate of drug-likeness (QED) is 0.328. The molecule has 9 nitrogen and oxygen atoms in total. The molecule has 0 saturated heterocycles. The predicted molar refractivity (Wildman–Crippen MR) is 115 cm³/mol. The lowest BCUT2D eigenvalue weighted by Gasteiger charge is -2.13. The van der Waals surface area contributed by atoms with Crippen LogP contribution in [0.1, 0.15) is 15.2 Å². The van der Waals surface area contributed by atoms with Crippen LogP contribution in [0.4, 0.5) is 5.69 Å². The Morgan fingerprint density at radius 3 is 2.53 bits per heavy atom. The van der Waals surface area contributed by atoms with E-state index >= 15 is 0 Å². The zero-order valence-electron chi connectivity index (χ0n) is 16.1. The van der Waals surface area contributed by atoms with E-state index in [4.69, 9.17) is 25.8 Å². The fourth-order valence-electron chi connectivity index (χ4n) is 2.75. The maximum absolute atomic E-state index is 12.5. The van der Waals surface area contributed by atoms with Gasteiger partial charge in [0.15, 0.2) is 11.5 Å². The number of hydrogen-bond acceptors (Lipinski definition) is 8. The number of nitrogens with one attached hydrogen (secondary N) is 1. The minimum Gasteiger partial charge on any atom is -0.493 e. The van der Waals surface area contributed by atoms with Gasteiger partial charge in [-0.05, 0) is 18.2 Å². The largest absolute Gasteiger partial charge is 0.493 e. The molecule has 0 saturated carbocycles. The summed E-state index contributed by atoms with van der Waals surface area (Å²) in [5.74, 6) is 0.729. The van der Waals surface area contributed by atoms with Gasteiger partial charge in [-0.15, -0.1) is 11.3 Å². The fraction of sp³-hybridized carbons (Fsp3) is 0.158. The molecule has 1 amide bonds. The molecule has 0 fully saturated rings. The predicted octanol–water partition coefficient (Wildman–Crippen LogP) is 4.25. The summed E-state index contributed by atoms with van der Waals surface area (Å²) in [7, 11) is 4.47. The lowest BCUT2D eigenvalue weighted by molar-refractivity contribution is -0.384. The number of halogens is 1. The van der Waals surface area contributed by atoms with Crippen LogP contribution in [-0.4, -0.2) is 38.4 Å². The first-order valence-electron chi connectivity index (χ1n) is 8.40. The Morgan fingerprint density at radius 2 is 1.90 bits per heavy atom. The van der Waals surface area contributed by atoms with E-state index < -0.39 is 10.8 Å². The van der Waals surface area contributed by atoms with Crippen molar-refractivity contribution in [1.82, 2.24) is 5.43 Å². The number of fused-ring (bicyclic) bond motifs is 1. The van der Waals surface area contributed by atoms with Crippen LogP contribution in [-0.2, 0) is 0 Å². The number of carbonyl (C=O) groups excluding carboxylic acids is 1. The first kappa shape index (κ1) is 21.3. The second-order valence-electron chi connectivity index (χ2n) is 5.81. The van der Waals surface area contributed by atoms with Crippen LogP contribution < -0.4 is 19.6 Å². The molecular weight excluding hydrogens is 434 g/mol. The third kappa shape index (κ3) is 4.00. The Hall–Kier alpha value is -3.37. The van der Waals surface area contributed by atoms with Crippen molar-refractivity contribution in [1.29, 1.82) is 0 Å². The molecule has 0 radical (unpaired) electrons. The SMILES string of the molecule is COc1ccc(/C=N\NC(=O)c2sc3cc([N+](=O)[O-])ccc3c2Cl)c(OC)c1OC. The Kier molecular flexibility index (Phi) is 6.38. The maximum Gasteiger partial charge on any atom is 0.283 e. The van der Waals surface area contributed by atoms with Crippen LogP contribution in [0.25, 0.3) is 10.1 Å². The summed E-state index contributed by atoms with van der Waals surface area (Å²) in [6.07, 6.45) is 1.39. The fourth-order valence-corrected chi connectivity index (χ4v) is 4.19. The average Bonchev–Trinajstić information content (AvgIpc) is 3.08. The summed E-state index contributed by atoms with van der Waals surface area (Å²) in [5.41, 5.74) is 2.87. The van der Waals surface area contributed by atoms with Crippen molar-refractivity contribution in [2.75, 3.05) is 21.3 Å². The van der Waals surface area contributed by atoms with E-state index in [0.29, 0.717) is 32.9 Å². The lowest BCUT2D eigenvalue weighted by atomic mass is 10.2. The highest BCUT2D eigenvalue weighted by atomic mass is 35.5. The molecule has 11 heteroatoms. The van der Waals surface area contributed by atoms with Gasteiger partial charge in [0.05, 0.1) is 37.5 Å². The van der Waals surface area contributed by atoms with E-state index in [0.717, 1.165) is 11.3 Å². The molecule has 0 unspecified atom stereocenters. The summed E-state index contributed by atoms with van der Waals surface area (Å²) in [6.45, 7) is 0. The number of benzene rings is 2. The van der Waals surface area contributed by atoms with Gasteiger partial charge in [0, 0.05) is 27.8 Å².